The van der Waals surface area contributed by atoms with Gasteiger partial charge in [0.15, 0.2) is 0 Å². The molecule has 19 heavy (non-hydrogen) atoms. The molecule has 0 bridgehead atoms. The molecule has 0 saturated heterocycles. The average Bonchev–Trinajstić information content (AvgIpc) is 2.42. The zero-order valence-electron chi connectivity index (χ0n) is 11.2. The van der Waals surface area contributed by atoms with E-state index >= 15 is 0 Å². The molecule has 0 aliphatic heterocycles. The molecule has 1 aliphatic carbocycles. The first-order chi connectivity index (χ1) is 9.22. The number of halogens is 1. The van der Waals surface area contributed by atoms with Crippen molar-refractivity contribution in [3.8, 4) is 0 Å². The standard InChI is InChI=1S/C16H19ClN2/c1-11-10-12-4-2-3-5-15(12)19-16(11)18-14-8-6-13(17)7-9-14/h2-5,10,13-14H,6-9H2,1H3,(H,18,19). The third kappa shape index (κ3) is 2.84. The van der Waals surface area contributed by atoms with Gasteiger partial charge in [0, 0.05) is 16.8 Å². The van der Waals surface area contributed by atoms with E-state index in [0.29, 0.717) is 11.4 Å². The number of aryl methyl sites for hydroxylation is 1. The van der Waals surface area contributed by atoms with Crippen LogP contribution in [-0.4, -0.2) is 16.4 Å². The average molecular weight is 275 g/mol. The van der Waals surface area contributed by atoms with Gasteiger partial charge in [-0.05, 0) is 50.3 Å². The minimum Gasteiger partial charge on any atom is -0.367 e. The molecule has 2 aromatic rings. The molecular weight excluding hydrogens is 256 g/mol. The molecule has 0 atom stereocenters. The van der Waals surface area contributed by atoms with Crippen LogP contribution in [0, 0.1) is 6.92 Å². The lowest BCUT2D eigenvalue weighted by molar-refractivity contribution is 0.467. The first-order valence-electron chi connectivity index (χ1n) is 6.99. The van der Waals surface area contributed by atoms with Crippen molar-refractivity contribution < 1.29 is 0 Å². The van der Waals surface area contributed by atoms with Gasteiger partial charge in [-0.1, -0.05) is 18.2 Å². The molecule has 0 unspecified atom stereocenters. The van der Waals surface area contributed by atoms with E-state index in [4.69, 9.17) is 16.6 Å². The third-order valence-corrected chi connectivity index (χ3v) is 4.35. The highest BCUT2D eigenvalue weighted by molar-refractivity contribution is 6.20. The summed E-state index contributed by atoms with van der Waals surface area (Å²) in [5.74, 6) is 1.02. The number of nitrogens with one attached hydrogen (secondary N) is 1. The maximum absolute atomic E-state index is 6.15. The molecule has 0 amide bonds. The third-order valence-electron chi connectivity index (χ3n) is 3.91. The summed E-state index contributed by atoms with van der Waals surface area (Å²) < 4.78 is 0. The van der Waals surface area contributed by atoms with Gasteiger partial charge in [-0.2, -0.15) is 0 Å². The van der Waals surface area contributed by atoms with E-state index in [1.807, 2.05) is 6.07 Å². The van der Waals surface area contributed by atoms with Crippen molar-refractivity contribution in [1.29, 1.82) is 0 Å². The van der Waals surface area contributed by atoms with Gasteiger partial charge in [-0.3, -0.25) is 0 Å². The summed E-state index contributed by atoms with van der Waals surface area (Å²) in [5.41, 5.74) is 2.27. The Morgan fingerprint density at radius 1 is 1.16 bits per heavy atom. The number of benzene rings is 1. The van der Waals surface area contributed by atoms with Gasteiger partial charge in [-0.25, -0.2) is 4.98 Å². The van der Waals surface area contributed by atoms with Crippen LogP contribution in [0.15, 0.2) is 30.3 Å². The van der Waals surface area contributed by atoms with Gasteiger partial charge in [-0.15, -0.1) is 11.6 Å². The minimum absolute atomic E-state index is 0.365. The molecule has 1 heterocycles. The number of hydrogen-bond donors (Lipinski definition) is 1. The molecule has 1 aromatic carbocycles. The van der Waals surface area contributed by atoms with Gasteiger partial charge < -0.3 is 5.32 Å². The number of nitrogens with zero attached hydrogens (tertiary/aromatic N) is 1. The van der Waals surface area contributed by atoms with Gasteiger partial charge in [0.05, 0.1) is 5.52 Å². The van der Waals surface area contributed by atoms with Crippen LogP contribution in [0.4, 0.5) is 5.82 Å². The normalized spacial score (nSPS) is 23.5. The van der Waals surface area contributed by atoms with E-state index in [1.54, 1.807) is 0 Å². The summed E-state index contributed by atoms with van der Waals surface area (Å²) in [6.45, 7) is 2.12. The zero-order valence-corrected chi connectivity index (χ0v) is 12.0. The van der Waals surface area contributed by atoms with Gasteiger partial charge in [0.2, 0.25) is 0 Å². The Bertz CT molecular complexity index is 574. The van der Waals surface area contributed by atoms with E-state index in [9.17, 15) is 0 Å². The van der Waals surface area contributed by atoms with Crippen LogP contribution >= 0.6 is 11.6 Å². The van der Waals surface area contributed by atoms with E-state index < -0.39 is 0 Å². The number of anilines is 1. The predicted molar refractivity (Wildman–Crippen MR) is 82.0 cm³/mol. The number of aromatic nitrogens is 1. The van der Waals surface area contributed by atoms with Crippen molar-refractivity contribution in [2.75, 3.05) is 5.32 Å². The van der Waals surface area contributed by atoms with Crippen molar-refractivity contribution in [1.82, 2.24) is 4.98 Å². The van der Waals surface area contributed by atoms with Crippen LogP contribution in [0.3, 0.4) is 0 Å². The molecule has 100 valence electrons. The van der Waals surface area contributed by atoms with Gasteiger partial charge in [0.25, 0.3) is 0 Å². The number of hydrogen-bond acceptors (Lipinski definition) is 2. The fourth-order valence-electron chi connectivity index (χ4n) is 2.76. The number of fused-ring (bicyclic) bond motifs is 1. The lowest BCUT2D eigenvalue weighted by Crippen LogP contribution is -2.27. The van der Waals surface area contributed by atoms with Crippen LogP contribution in [0.5, 0.6) is 0 Å². The Morgan fingerprint density at radius 2 is 1.89 bits per heavy atom. The summed E-state index contributed by atoms with van der Waals surface area (Å²) in [4.78, 5) is 4.74. The van der Waals surface area contributed by atoms with E-state index in [-0.39, 0.29) is 0 Å². The molecule has 2 nitrogen and oxygen atoms in total. The molecule has 1 saturated carbocycles. The second kappa shape index (κ2) is 5.38. The van der Waals surface area contributed by atoms with E-state index in [0.717, 1.165) is 37.0 Å². The molecule has 3 rings (SSSR count). The summed E-state index contributed by atoms with van der Waals surface area (Å²) >= 11 is 6.15. The summed E-state index contributed by atoms with van der Waals surface area (Å²) in [5, 5.41) is 5.16. The Balaban J connectivity index is 1.82. The largest absolute Gasteiger partial charge is 0.367 e. The fraction of sp³-hybridized carbons (Fsp3) is 0.438. The summed E-state index contributed by atoms with van der Waals surface area (Å²) in [6.07, 6.45) is 4.49. The molecule has 0 spiro atoms. The smallest absolute Gasteiger partial charge is 0.129 e. The highest BCUT2D eigenvalue weighted by Crippen LogP contribution is 2.27. The summed E-state index contributed by atoms with van der Waals surface area (Å²) in [7, 11) is 0. The molecule has 1 fully saturated rings. The van der Waals surface area contributed by atoms with Crippen LogP contribution < -0.4 is 5.32 Å². The molecule has 0 radical (unpaired) electrons. The maximum Gasteiger partial charge on any atom is 0.129 e. The lowest BCUT2D eigenvalue weighted by Gasteiger charge is -2.27. The minimum atomic E-state index is 0.365. The fourth-order valence-corrected chi connectivity index (χ4v) is 3.01. The Morgan fingerprint density at radius 3 is 2.68 bits per heavy atom. The van der Waals surface area contributed by atoms with Gasteiger partial charge in [0.1, 0.15) is 5.82 Å². The van der Waals surface area contributed by atoms with Gasteiger partial charge >= 0.3 is 0 Å². The second-order valence-electron chi connectivity index (χ2n) is 5.44. The van der Waals surface area contributed by atoms with Crippen molar-refractivity contribution in [3.05, 3.63) is 35.9 Å². The maximum atomic E-state index is 6.15. The predicted octanol–water partition coefficient (Wildman–Crippen LogP) is 4.51. The first kappa shape index (κ1) is 12.7. The second-order valence-corrected chi connectivity index (χ2v) is 6.06. The zero-order chi connectivity index (χ0) is 13.2. The van der Waals surface area contributed by atoms with Crippen LogP contribution in [0.25, 0.3) is 10.9 Å². The number of rotatable bonds is 2. The topological polar surface area (TPSA) is 24.9 Å². The highest BCUT2D eigenvalue weighted by Gasteiger charge is 2.20. The van der Waals surface area contributed by atoms with Crippen molar-refractivity contribution in [2.24, 2.45) is 0 Å². The molecule has 1 aromatic heterocycles. The van der Waals surface area contributed by atoms with E-state index in [1.165, 1.54) is 10.9 Å². The molecule has 1 aliphatic rings. The molecule has 1 N–H and O–H groups in total. The number of pyridine rings is 1. The van der Waals surface area contributed by atoms with E-state index in [2.05, 4.69) is 36.5 Å². The Hall–Kier alpha value is -1.28. The first-order valence-corrected chi connectivity index (χ1v) is 7.43. The Labute approximate surface area is 119 Å². The SMILES string of the molecule is Cc1cc2ccccc2nc1NC1CCC(Cl)CC1. The summed E-state index contributed by atoms with van der Waals surface area (Å²) in [6, 6.07) is 11.0. The highest BCUT2D eigenvalue weighted by atomic mass is 35.5. The Kier molecular flexibility index (Phi) is 3.61. The monoisotopic (exact) mass is 274 g/mol. The van der Waals surface area contributed by atoms with Crippen LogP contribution in [-0.2, 0) is 0 Å². The van der Waals surface area contributed by atoms with Crippen LogP contribution in [0.1, 0.15) is 31.2 Å². The van der Waals surface area contributed by atoms with Crippen molar-refractivity contribution in [3.63, 3.8) is 0 Å². The van der Waals surface area contributed by atoms with Crippen molar-refractivity contribution in [2.45, 2.75) is 44.0 Å². The molecular formula is C16H19ClN2. The number of alkyl halides is 1. The number of para-hydroxylation sites is 1. The quantitative estimate of drug-likeness (QED) is 0.816. The lowest BCUT2D eigenvalue weighted by atomic mass is 9.95. The van der Waals surface area contributed by atoms with Crippen LogP contribution in [0.2, 0.25) is 0 Å². The van der Waals surface area contributed by atoms with Crippen molar-refractivity contribution >= 4 is 28.3 Å². The molecule has 3 heteroatoms.